The van der Waals surface area contributed by atoms with Gasteiger partial charge in [0, 0.05) is 35.6 Å². The summed E-state index contributed by atoms with van der Waals surface area (Å²) in [5, 5.41) is 3.21. The van der Waals surface area contributed by atoms with E-state index >= 15 is 0 Å². The molecule has 0 atom stereocenters. The molecule has 126 valence electrons. The summed E-state index contributed by atoms with van der Waals surface area (Å²) in [6.45, 7) is 0.673. The minimum absolute atomic E-state index is 0.673. The van der Waals surface area contributed by atoms with Crippen LogP contribution in [0.25, 0.3) is 21.9 Å². The molecular weight excluding hydrogens is 396 g/mol. The van der Waals surface area contributed by atoms with E-state index in [0.29, 0.717) is 6.54 Å². The smallest absolute Gasteiger partial charge is 0.103 e. The van der Waals surface area contributed by atoms with Gasteiger partial charge < -0.3 is 4.90 Å². The molecule has 0 fully saturated rings. The first-order valence-corrected chi connectivity index (χ1v) is 9.42. The molecule has 25 heavy (non-hydrogen) atoms. The minimum atomic E-state index is 0.673. The highest BCUT2D eigenvalue weighted by Gasteiger charge is 2.24. The number of hydrogen-bond donors (Lipinski definition) is 0. The zero-order valence-electron chi connectivity index (χ0n) is 14.2. The molecule has 0 spiro atoms. The van der Waals surface area contributed by atoms with Gasteiger partial charge >= 0.3 is 0 Å². The number of nitrogens with zero attached hydrogens (tertiary/aromatic N) is 2. The third-order valence-electron chi connectivity index (χ3n) is 4.78. The second-order valence-corrected chi connectivity index (χ2v) is 7.68. The van der Waals surface area contributed by atoms with E-state index in [1.54, 1.807) is 0 Å². The molecule has 0 saturated heterocycles. The van der Waals surface area contributed by atoms with Crippen LogP contribution in [0.4, 0.5) is 0 Å². The molecule has 0 aromatic heterocycles. The predicted octanol–water partition coefficient (Wildman–Crippen LogP) is 5.94. The van der Waals surface area contributed by atoms with Gasteiger partial charge in [0.25, 0.3) is 0 Å². The molecule has 0 radical (unpaired) electrons. The van der Waals surface area contributed by atoms with Crippen LogP contribution in [0, 0.1) is 0 Å². The summed E-state index contributed by atoms with van der Waals surface area (Å²) >= 11 is 10.4. The van der Waals surface area contributed by atoms with Gasteiger partial charge in [-0.05, 0) is 49.5 Å². The Hall–Kier alpha value is -1.84. The third-order valence-corrected chi connectivity index (χ3v) is 6.01. The lowest BCUT2D eigenvalue weighted by Gasteiger charge is -2.26. The van der Waals surface area contributed by atoms with Gasteiger partial charge in [-0.15, -0.1) is 0 Å². The quantitative estimate of drug-likeness (QED) is 0.482. The zero-order valence-corrected chi connectivity index (χ0v) is 16.5. The first-order chi connectivity index (χ1) is 12.1. The lowest BCUT2D eigenvalue weighted by Crippen LogP contribution is -2.27. The SMILES string of the molecule is CN(C)C1=NCc2c(c(Br)c3ccccc3c2-c2ccccc2Cl)C1. The van der Waals surface area contributed by atoms with Gasteiger partial charge in [-0.25, -0.2) is 0 Å². The van der Waals surface area contributed by atoms with Crippen LogP contribution in [0.3, 0.4) is 0 Å². The van der Waals surface area contributed by atoms with Crippen LogP contribution < -0.4 is 0 Å². The Morgan fingerprint density at radius 1 is 0.960 bits per heavy atom. The zero-order chi connectivity index (χ0) is 17.6. The largest absolute Gasteiger partial charge is 0.366 e. The maximum absolute atomic E-state index is 6.56. The second-order valence-electron chi connectivity index (χ2n) is 6.48. The third kappa shape index (κ3) is 2.76. The molecule has 1 aliphatic rings. The van der Waals surface area contributed by atoms with E-state index in [-0.39, 0.29) is 0 Å². The molecule has 2 nitrogen and oxygen atoms in total. The average molecular weight is 414 g/mol. The van der Waals surface area contributed by atoms with Crippen molar-refractivity contribution < 1.29 is 0 Å². The standard InChI is InChI=1S/C21H18BrClN2/c1-25(2)19-11-16-17(12-24-19)20(15-9-5-6-10-18(15)23)13-7-3-4-8-14(13)21(16)22/h3-10H,11-12H2,1-2H3. The number of benzene rings is 3. The van der Waals surface area contributed by atoms with Crippen molar-refractivity contribution >= 4 is 44.1 Å². The first-order valence-electron chi connectivity index (χ1n) is 8.25. The highest BCUT2D eigenvalue weighted by molar-refractivity contribution is 9.10. The van der Waals surface area contributed by atoms with Crippen LogP contribution in [0.15, 0.2) is 58.0 Å². The van der Waals surface area contributed by atoms with Gasteiger partial charge in [0.1, 0.15) is 5.84 Å². The Morgan fingerprint density at radius 2 is 1.64 bits per heavy atom. The summed E-state index contributed by atoms with van der Waals surface area (Å²) in [7, 11) is 4.10. The van der Waals surface area contributed by atoms with Crippen molar-refractivity contribution in [1.29, 1.82) is 0 Å². The summed E-state index contributed by atoms with van der Waals surface area (Å²) in [6, 6.07) is 16.6. The molecule has 0 bridgehead atoms. The topological polar surface area (TPSA) is 15.6 Å². The van der Waals surface area contributed by atoms with Gasteiger partial charge in [-0.2, -0.15) is 0 Å². The highest BCUT2D eigenvalue weighted by Crippen LogP contribution is 2.43. The molecular formula is C21H18BrClN2. The lowest BCUT2D eigenvalue weighted by molar-refractivity contribution is 0.599. The van der Waals surface area contributed by atoms with Crippen LogP contribution in [-0.4, -0.2) is 24.8 Å². The molecule has 0 amide bonds. The maximum Gasteiger partial charge on any atom is 0.103 e. The van der Waals surface area contributed by atoms with Crippen LogP contribution in [0.2, 0.25) is 5.02 Å². The Bertz CT molecular complexity index is 1010. The van der Waals surface area contributed by atoms with Gasteiger partial charge in [0.15, 0.2) is 0 Å². The monoisotopic (exact) mass is 412 g/mol. The van der Waals surface area contributed by atoms with Crippen molar-refractivity contribution in [3.05, 3.63) is 69.2 Å². The summed E-state index contributed by atoms with van der Waals surface area (Å²) in [5.41, 5.74) is 4.87. The van der Waals surface area contributed by atoms with E-state index in [4.69, 9.17) is 16.6 Å². The molecule has 1 heterocycles. The van der Waals surface area contributed by atoms with Crippen LogP contribution >= 0.6 is 27.5 Å². The van der Waals surface area contributed by atoms with E-state index in [2.05, 4.69) is 51.2 Å². The van der Waals surface area contributed by atoms with Crippen LogP contribution in [-0.2, 0) is 13.0 Å². The number of hydrogen-bond acceptors (Lipinski definition) is 2. The van der Waals surface area contributed by atoms with E-state index in [1.807, 2.05) is 32.3 Å². The summed E-state index contributed by atoms with van der Waals surface area (Å²) < 4.78 is 1.17. The van der Waals surface area contributed by atoms with Gasteiger partial charge in [0.2, 0.25) is 0 Å². The lowest BCUT2D eigenvalue weighted by atomic mass is 9.87. The minimum Gasteiger partial charge on any atom is -0.366 e. The van der Waals surface area contributed by atoms with E-state index in [1.165, 1.54) is 31.9 Å². The fourth-order valence-corrected chi connectivity index (χ4v) is 4.47. The van der Waals surface area contributed by atoms with E-state index in [0.717, 1.165) is 22.8 Å². The Kier molecular flexibility index (Phi) is 4.30. The average Bonchev–Trinajstić information content (AvgIpc) is 2.63. The predicted molar refractivity (Wildman–Crippen MR) is 111 cm³/mol. The first kappa shape index (κ1) is 16.6. The number of amidine groups is 1. The molecule has 1 aliphatic heterocycles. The fraction of sp³-hybridized carbons (Fsp3) is 0.190. The molecule has 0 saturated carbocycles. The Labute approximate surface area is 161 Å². The number of likely N-dealkylation sites (N-methyl/N-ethyl adjacent to an activating group) is 1. The van der Waals surface area contributed by atoms with Gasteiger partial charge in [-0.3, -0.25) is 4.99 Å². The van der Waals surface area contributed by atoms with Crippen LogP contribution in [0.1, 0.15) is 11.1 Å². The summed E-state index contributed by atoms with van der Waals surface area (Å²) in [4.78, 5) is 6.91. The Morgan fingerprint density at radius 3 is 2.36 bits per heavy atom. The molecule has 3 aromatic rings. The number of fused-ring (bicyclic) bond motifs is 2. The molecule has 4 heteroatoms. The van der Waals surface area contributed by atoms with Gasteiger partial charge in [-0.1, -0.05) is 54.1 Å². The van der Waals surface area contributed by atoms with Gasteiger partial charge in [0.05, 0.1) is 6.54 Å². The summed E-state index contributed by atoms with van der Waals surface area (Å²) in [5.74, 6) is 1.11. The highest BCUT2D eigenvalue weighted by atomic mass is 79.9. The molecule has 3 aromatic carbocycles. The van der Waals surface area contributed by atoms with Crippen LogP contribution in [0.5, 0.6) is 0 Å². The van der Waals surface area contributed by atoms with Crippen molar-refractivity contribution in [3.63, 3.8) is 0 Å². The van der Waals surface area contributed by atoms with Crippen molar-refractivity contribution in [2.24, 2.45) is 4.99 Å². The molecule has 4 rings (SSSR count). The van der Waals surface area contributed by atoms with Crippen molar-refractivity contribution in [1.82, 2.24) is 4.90 Å². The normalized spacial score (nSPS) is 13.5. The number of aliphatic imine (C=N–C) groups is 1. The van der Waals surface area contributed by atoms with Crippen molar-refractivity contribution in [2.75, 3.05) is 14.1 Å². The van der Waals surface area contributed by atoms with E-state index < -0.39 is 0 Å². The number of rotatable bonds is 1. The van der Waals surface area contributed by atoms with Crippen molar-refractivity contribution in [3.8, 4) is 11.1 Å². The van der Waals surface area contributed by atoms with E-state index in [9.17, 15) is 0 Å². The second kappa shape index (κ2) is 6.47. The fourth-order valence-electron chi connectivity index (χ4n) is 3.52. The maximum atomic E-state index is 6.56. The Balaban J connectivity index is 2.08. The van der Waals surface area contributed by atoms with Crippen molar-refractivity contribution in [2.45, 2.75) is 13.0 Å². The molecule has 0 N–H and O–H groups in total. The molecule has 0 aliphatic carbocycles. The summed E-state index contributed by atoms with van der Waals surface area (Å²) in [6.07, 6.45) is 0.825. The number of halogens is 2. The molecule has 0 unspecified atom stereocenters.